The fourth-order valence-electron chi connectivity index (χ4n) is 3.97. The van der Waals surface area contributed by atoms with E-state index in [4.69, 9.17) is 5.73 Å². The zero-order chi connectivity index (χ0) is 22.0. The number of primary amides is 1. The number of H-pyrrole nitrogens is 1. The van der Waals surface area contributed by atoms with Crippen molar-refractivity contribution in [3.8, 4) is 0 Å². The molecule has 6 nitrogen and oxygen atoms in total. The fraction of sp³-hybridized carbons (Fsp3) is 0.364. The molecule has 3 heterocycles. The van der Waals surface area contributed by atoms with Crippen molar-refractivity contribution < 1.29 is 18.0 Å². The Morgan fingerprint density at radius 1 is 1.13 bits per heavy atom. The summed E-state index contributed by atoms with van der Waals surface area (Å²) in [5.74, 6) is 0.145. The number of nitrogens with zero attached hydrogens (tertiary/aromatic N) is 3. The van der Waals surface area contributed by atoms with Crippen molar-refractivity contribution in [2.24, 2.45) is 5.73 Å². The Balaban J connectivity index is 1.28. The van der Waals surface area contributed by atoms with Crippen LogP contribution in [-0.2, 0) is 12.6 Å². The average Bonchev–Trinajstić information content (AvgIpc) is 3.16. The van der Waals surface area contributed by atoms with Gasteiger partial charge in [-0.05, 0) is 55.3 Å². The minimum Gasteiger partial charge on any atom is -0.366 e. The number of carbonyl (C=O) groups excluding carboxylic acids is 1. The van der Waals surface area contributed by atoms with Gasteiger partial charge in [-0.15, -0.1) is 0 Å². The van der Waals surface area contributed by atoms with Crippen molar-refractivity contribution >= 4 is 22.6 Å². The van der Waals surface area contributed by atoms with Gasteiger partial charge in [0.1, 0.15) is 5.82 Å². The number of piperazine rings is 1. The molecule has 0 saturated carbocycles. The van der Waals surface area contributed by atoms with Crippen molar-refractivity contribution in [1.82, 2.24) is 14.9 Å². The Labute approximate surface area is 177 Å². The molecule has 1 amide bonds. The summed E-state index contributed by atoms with van der Waals surface area (Å²) in [7, 11) is 0. The van der Waals surface area contributed by atoms with E-state index in [-0.39, 0.29) is 0 Å². The van der Waals surface area contributed by atoms with Gasteiger partial charge in [0.15, 0.2) is 0 Å². The third-order valence-electron chi connectivity index (χ3n) is 5.74. The lowest BCUT2D eigenvalue weighted by atomic mass is 10.1. The number of anilines is 1. The quantitative estimate of drug-likeness (QED) is 0.627. The highest BCUT2D eigenvalue weighted by Crippen LogP contribution is 2.29. The van der Waals surface area contributed by atoms with Crippen LogP contribution in [0.5, 0.6) is 0 Å². The summed E-state index contributed by atoms with van der Waals surface area (Å²) in [5.41, 5.74) is 7.30. The molecule has 0 aliphatic carbocycles. The number of halogens is 3. The minimum absolute atomic E-state index is 0.436. The van der Waals surface area contributed by atoms with E-state index in [0.717, 1.165) is 74.3 Å². The summed E-state index contributed by atoms with van der Waals surface area (Å²) in [4.78, 5) is 23.0. The molecule has 1 aliphatic rings. The van der Waals surface area contributed by atoms with Crippen LogP contribution in [0, 0.1) is 0 Å². The van der Waals surface area contributed by atoms with Gasteiger partial charge in [-0.25, -0.2) is 4.98 Å². The summed E-state index contributed by atoms with van der Waals surface area (Å²) in [6, 6.07) is 7.94. The highest BCUT2D eigenvalue weighted by Gasteiger charge is 2.31. The molecule has 0 bridgehead atoms. The highest BCUT2D eigenvalue weighted by atomic mass is 19.4. The number of hydrogen-bond acceptors (Lipinski definition) is 4. The third kappa shape index (κ3) is 4.82. The molecule has 31 heavy (non-hydrogen) atoms. The number of rotatable bonds is 6. The van der Waals surface area contributed by atoms with E-state index in [1.165, 1.54) is 6.07 Å². The zero-order valence-electron chi connectivity index (χ0n) is 17.0. The Hall–Kier alpha value is -3.07. The second-order valence-electron chi connectivity index (χ2n) is 7.77. The monoisotopic (exact) mass is 431 g/mol. The van der Waals surface area contributed by atoms with Crippen molar-refractivity contribution in [3.05, 3.63) is 59.4 Å². The number of carbonyl (C=O) groups is 1. The van der Waals surface area contributed by atoms with Crippen LogP contribution < -0.4 is 10.6 Å². The van der Waals surface area contributed by atoms with Crippen LogP contribution >= 0.6 is 0 Å². The number of nitrogens with two attached hydrogens (primary N) is 1. The third-order valence-corrected chi connectivity index (χ3v) is 5.74. The highest BCUT2D eigenvalue weighted by molar-refractivity contribution is 5.97. The van der Waals surface area contributed by atoms with Crippen LogP contribution in [-0.4, -0.2) is 53.5 Å². The fourth-order valence-corrected chi connectivity index (χ4v) is 3.97. The molecule has 1 saturated heterocycles. The van der Waals surface area contributed by atoms with Gasteiger partial charge < -0.3 is 15.6 Å². The van der Waals surface area contributed by atoms with Gasteiger partial charge in [0.2, 0.25) is 5.91 Å². The van der Waals surface area contributed by atoms with Crippen molar-refractivity contribution in [2.75, 3.05) is 37.6 Å². The van der Waals surface area contributed by atoms with Gasteiger partial charge in [-0.3, -0.25) is 9.69 Å². The largest absolute Gasteiger partial charge is 0.417 e. The van der Waals surface area contributed by atoms with E-state index in [2.05, 4.69) is 14.9 Å². The second-order valence-corrected chi connectivity index (χ2v) is 7.77. The Kier molecular flexibility index (Phi) is 5.86. The summed E-state index contributed by atoms with van der Waals surface area (Å²) < 4.78 is 38.1. The smallest absolute Gasteiger partial charge is 0.366 e. The molecule has 0 unspecified atom stereocenters. The van der Waals surface area contributed by atoms with Gasteiger partial charge in [0.05, 0.1) is 5.56 Å². The van der Waals surface area contributed by atoms with E-state index in [9.17, 15) is 18.0 Å². The van der Waals surface area contributed by atoms with E-state index in [0.29, 0.717) is 11.4 Å². The second kappa shape index (κ2) is 8.58. The molecule has 0 radical (unpaired) electrons. The molecule has 3 N–H and O–H groups in total. The Bertz CT molecular complexity index is 1050. The van der Waals surface area contributed by atoms with Crippen LogP contribution in [0.1, 0.15) is 27.9 Å². The predicted octanol–water partition coefficient (Wildman–Crippen LogP) is 3.44. The van der Waals surface area contributed by atoms with E-state index in [1.807, 2.05) is 23.2 Å². The van der Waals surface area contributed by atoms with Gasteiger partial charge in [-0.2, -0.15) is 13.2 Å². The van der Waals surface area contributed by atoms with E-state index < -0.39 is 17.6 Å². The van der Waals surface area contributed by atoms with E-state index in [1.54, 1.807) is 6.07 Å². The number of alkyl halides is 3. The lowest BCUT2D eigenvalue weighted by molar-refractivity contribution is -0.137. The summed E-state index contributed by atoms with van der Waals surface area (Å²) in [6.07, 6.45) is 0.349. The lowest BCUT2D eigenvalue weighted by Gasteiger charge is -2.35. The Morgan fingerprint density at radius 3 is 2.55 bits per heavy atom. The van der Waals surface area contributed by atoms with Gasteiger partial charge in [0.25, 0.3) is 0 Å². The molecule has 0 spiro atoms. The van der Waals surface area contributed by atoms with Crippen molar-refractivity contribution in [2.45, 2.75) is 19.0 Å². The maximum atomic E-state index is 12.7. The van der Waals surface area contributed by atoms with Crippen LogP contribution in [0.2, 0.25) is 0 Å². The summed E-state index contributed by atoms with van der Waals surface area (Å²) in [5, 5.41) is 1.02. The standard InChI is InChI=1S/C22H24F3N5O/c23-22(24,25)17-4-6-20(28-14-17)30-10-8-29(9-11-30)7-1-2-16-13-27-19-5-3-15(21(26)31)12-18(16)19/h3-6,12-14,27H,1-2,7-11H2,(H2,26,31). The lowest BCUT2D eigenvalue weighted by Crippen LogP contribution is -2.47. The summed E-state index contributed by atoms with van der Waals surface area (Å²) in [6.45, 7) is 4.06. The van der Waals surface area contributed by atoms with Crippen LogP contribution in [0.4, 0.5) is 19.0 Å². The number of aromatic nitrogens is 2. The number of hydrogen-bond donors (Lipinski definition) is 2. The number of aromatic amines is 1. The van der Waals surface area contributed by atoms with E-state index >= 15 is 0 Å². The number of pyridine rings is 1. The molecule has 1 aromatic carbocycles. The Morgan fingerprint density at radius 2 is 1.90 bits per heavy atom. The minimum atomic E-state index is -4.36. The maximum Gasteiger partial charge on any atom is 0.417 e. The molecule has 1 aliphatic heterocycles. The molecule has 164 valence electrons. The van der Waals surface area contributed by atoms with Crippen molar-refractivity contribution in [3.63, 3.8) is 0 Å². The molecule has 9 heteroatoms. The number of fused-ring (bicyclic) bond motifs is 1. The molecular weight excluding hydrogens is 407 g/mol. The SMILES string of the molecule is NC(=O)c1ccc2[nH]cc(CCCN3CCN(c4ccc(C(F)(F)F)cn4)CC3)c2c1. The first-order valence-electron chi connectivity index (χ1n) is 10.2. The number of amides is 1. The first-order chi connectivity index (χ1) is 14.8. The maximum absolute atomic E-state index is 12.7. The molecule has 4 rings (SSSR count). The number of aryl methyl sites for hydroxylation is 1. The van der Waals surface area contributed by atoms with Crippen LogP contribution in [0.25, 0.3) is 10.9 Å². The first kappa shape index (κ1) is 21.2. The number of nitrogens with one attached hydrogen (secondary N) is 1. The van der Waals surface area contributed by atoms with Gasteiger partial charge in [-0.1, -0.05) is 0 Å². The topological polar surface area (TPSA) is 78.2 Å². The summed E-state index contributed by atoms with van der Waals surface area (Å²) >= 11 is 0. The van der Waals surface area contributed by atoms with Gasteiger partial charge in [0, 0.05) is 55.0 Å². The van der Waals surface area contributed by atoms with Gasteiger partial charge >= 0.3 is 6.18 Å². The van der Waals surface area contributed by atoms with Crippen LogP contribution in [0.3, 0.4) is 0 Å². The average molecular weight is 431 g/mol. The molecule has 1 fully saturated rings. The molecule has 0 atom stereocenters. The first-order valence-corrected chi connectivity index (χ1v) is 10.2. The molecular formula is C22H24F3N5O. The normalized spacial score (nSPS) is 15.5. The van der Waals surface area contributed by atoms with Crippen LogP contribution in [0.15, 0.2) is 42.7 Å². The zero-order valence-corrected chi connectivity index (χ0v) is 17.0. The predicted molar refractivity (Wildman–Crippen MR) is 113 cm³/mol. The molecule has 3 aromatic rings. The number of benzene rings is 1. The molecule has 2 aromatic heterocycles. The van der Waals surface area contributed by atoms with Crippen molar-refractivity contribution in [1.29, 1.82) is 0 Å².